The van der Waals surface area contributed by atoms with Gasteiger partial charge in [-0.25, -0.2) is 0 Å². The number of terminal acetylenes is 1. The zero-order valence-corrected chi connectivity index (χ0v) is 8.08. The summed E-state index contributed by atoms with van der Waals surface area (Å²) in [6.07, 6.45) is 11.8. The summed E-state index contributed by atoms with van der Waals surface area (Å²) in [5, 5.41) is 9.85. The predicted molar refractivity (Wildman–Crippen MR) is 53.0 cm³/mol. The molecule has 2 saturated carbocycles. The Kier molecular flexibility index (Phi) is 2.60. The van der Waals surface area contributed by atoms with Crippen LogP contribution in [0, 0.1) is 30.1 Å². The first-order valence-electron chi connectivity index (χ1n) is 5.42. The van der Waals surface area contributed by atoms with E-state index >= 15 is 0 Å². The molecule has 0 radical (unpaired) electrons. The third-order valence-electron chi connectivity index (χ3n) is 3.65. The van der Waals surface area contributed by atoms with E-state index in [1.807, 2.05) is 0 Å². The molecule has 1 heteroatoms. The second-order valence-electron chi connectivity index (χ2n) is 4.65. The molecule has 0 aromatic heterocycles. The highest BCUT2D eigenvalue weighted by molar-refractivity contribution is 4.97. The molecule has 2 aliphatic rings. The minimum atomic E-state index is -0.0684. The van der Waals surface area contributed by atoms with Crippen molar-refractivity contribution in [2.75, 3.05) is 0 Å². The van der Waals surface area contributed by atoms with Crippen molar-refractivity contribution in [3.8, 4) is 12.3 Å². The predicted octanol–water partition coefficient (Wildman–Crippen LogP) is 2.20. The summed E-state index contributed by atoms with van der Waals surface area (Å²) in [5.74, 6) is 5.18. The van der Waals surface area contributed by atoms with Gasteiger partial charge in [0.1, 0.15) is 0 Å². The number of hydrogen-bond acceptors (Lipinski definition) is 1. The van der Waals surface area contributed by atoms with Crippen LogP contribution in [0.5, 0.6) is 0 Å². The molecule has 1 nitrogen and oxygen atoms in total. The Morgan fingerprint density at radius 1 is 1.31 bits per heavy atom. The summed E-state index contributed by atoms with van der Waals surface area (Å²) in [6.45, 7) is 0. The van der Waals surface area contributed by atoms with Crippen LogP contribution >= 0.6 is 0 Å². The summed E-state index contributed by atoms with van der Waals surface area (Å²) in [5.41, 5.74) is 0. The molecule has 0 aromatic rings. The van der Waals surface area contributed by atoms with Crippen LogP contribution in [0.4, 0.5) is 0 Å². The molecule has 72 valence electrons. The lowest BCUT2D eigenvalue weighted by molar-refractivity contribution is 0.0936. The average Bonchev–Trinajstić information content (AvgIpc) is 2.74. The van der Waals surface area contributed by atoms with Gasteiger partial charge in [0.2, 0.25) is 0 Å². The topological polar surface area (TPSA) is 20.2 Å². The normalized spacial score (nSPS) is 38.0. The summed E-state index contributed by atoms with van der Waals surface area (Å²) >= 11 is 0. The molecule has 2 aliphatic carbocycles. The fourth-order valence-electron chi connectivity index (χ4n) is 2.72. The van der Waals surface area contributed by atoms with Crippen LogP contribution in [0.2, 0.25) is 0 Å². The molecular weight excluding hydrogens is 160 g/mol. The highest BCUT2D eigenvalue weighted by atomic mass is 16.3. The third-order valence-corrected chi connectivity index (χ3v) is 3.65. The van der Waals surface area contributed by atoms with Gasteiger partial charge in [0.15, 0.2) is 0 Å². The van der Waals surface area contributed by atoms with Crippen LogP contribution in [0.25, 0.3) is 0 Å². The van der Waals surface area contributed by atoms with Crippen molar-refractivity contribution < 1.29 is 5.11 Å². The van der Waals surface area contributed by atoms with Gasteiger partial charge in [-0.2, -0.15) is 0 Å². The maximum Gasteiger partial charge on any atom is 0.0568 e. The van der Waals surface area contributed by atoms with E-state index in [0.717, 1.165) is 31.1 Å². The minimum absolute atomic E-state index is 0.0684. The van der Waals surface area contributed by atoms with Gasteiger partial charge in [-0.3, -0.25) is 0 Å². The fraction of sp³-hybridized carbons (Fsp3) is 0.833. The third kappa shape index (κ3) is 2.06. The Balaban J connectivity index is 1.66. The number of unbranched alkanes of at least 4 members (excludes halogenated alkanes) is 1. The summed E-state index contributed by atoms with van der Waals surface area (Å²) in [7, 11) is 0. The Bertz CT molecular complexity index is 206. The van der Waals surface area contributed by atoms with E-state index in [4.69, 9.17) is 6.42 Å². The highest BCUT2D eigenvalue weighted by Crippen LogP contribution is 2.55. The molecule has 13 heavy (non-hydrogen) atoms. The highest BCUT2D eigenvalue weighted by Gasteiger charge is 2.47. The van der Waals surface area contributed by atoms with Gasteiger partial charge < -0.3 is 5.11 Å². The number of aliphatic hydroxyl groups excluding tert-OH is 1. The van der Waals surface area contributed by atoms with Crippen molar-refractivity contribution in [1.29, 1.82) is 0 Å². The van der Waals surface area contributed by atoms with Gasteiger partial charge in [0.25, 0.3) is 0 Å². The van der Waals surface area contributed by atoms with E-state index in [9.17, 15) is 5.11 Å². The molecule has 0 saturated heterocycles. The van der Waals surface area contributed by atoms with Gasteiger partial charge in [-0.1, -0.05) is 0 Å². The summed E-state index contributed by atoms with van der Waals surface area (Å²) in [6, 6.07) is 0. The lowest BCUT2D eigenvalue weighted by Gasteiger charge is -2.18. The number of fused-ring (bicyclic) bond motifs is 1. The molecule has 0 bridgehead atoms. The molecule has 0 amide bonds. The molecule has 0 aliphatic heterocycles. The van der Waals surface area contributed by atoms with Crippen LogP contribution in [-0.4, -0.2) is 11.2 Å². The Morgan fingerprint density at radius 3 is 2.62 bits per heavy atom. The maximum atomic E-state index is 9.85. The minimum Gasteiger partial charge on any atom is -0.393 e. The monoisotopic (exact) mass is 178 g/mol. The standard InChI is InChI=1S/C12H18O/c1-2-3-4-5-12(13)11-7-9-6-10(9)8-11/h1,9-13H,3-8H2. The molecule has 3 atom stereocenters. The molecule has 2 rings (SSSR count). The Hall–Kier alpha value is -0.480. The van der Waals surface area contributed by atoms with Gasteiger partial charge in [0.05, 0.1) is 6.10 Å². The van der Waals surface area contributed by atoms with Crippen molar-refractivity contribution in [3.05, 3.63) is 0 Å². The van der Waals surface area contributed by atoms with E-state index in [1.54, 1.807) is 0 Å². The largest absolute Gasteiger partial charge is 0.393 e. The molecule has 0 heterocycles. The van der Waals surface area contributed by atoms with Gasteiger partial charge in [0, 0.05) is 6.42 Å². The van der Waals surface area contributed by atoms with Crippen LogP contribution in [0.15, 0.2) is 0 Å². The lowest BCUT2D eigenvalue weighted by atomic mass is 9.93. The molecule has 1 N–H and O–H groups in total. The van der Waals surface area contributed by atoms with Crippen molar-refractivity contribution in [1.82, 2.24) is 0 Å². The Morgan fingerprint density at radius 2 is 2.00 bits per heavy atom. The van der Waals surface area contributed by atoms with E-state index in [2.05, 4.69) is 5.92 Å². The number of hydrogen-bond donors (Lipinski definition) is 1. The average molecular weight is 178 g/mol. The summed E-state index contributed by atoms with van der Waals surface area (Å²) < 4.78 is 0. The molecular formula is C12H18O. The zero-order chi connectivity index (χ0) is 9.26. The van der Waals surface area contributed by atoms with E-state index in [1.165, 1.54) is 19.3 Å². The van der Waals surface area contributed by atoms with Crippen molar-refractivity contribution in [2.24, 2.45) is 17.8 Å². The molecule has 3 unspecified atom stereocenters. The number of rotatable bonds is 4. The molecule has 2 fully saturated rings. The van der Waals surface area contributed by atoms with Crippen LogP contribution in [0.3, 0.4) is 0 Å². The maximum absolute atomic E-state index is 9.85. The smallest absolute Gasteiger partial charge is 0.0568 e. The Labute approximate surface area is 80.5 Å². The van der Waals surface area contributed by atoms with Crippen molar-refractivity contribution in [3.63, 3.8) is 0 Å². The van der Waals surface area contributed by atoms with E-state index in [0.29, 0.717) is 5.92 Å². The number of aliphatic hydroxyl groups is 1. The first-order chi connectivity index (χ1) is 6.31. The fourth-order valence-corrected chi connectivity index (χ4v) is 2.72. The quantitative estimate of drug-likeness (QED) is 0.517. The van der Waals surface area contributed by atoms with Crippen molar-refractivity contribution >= 4 is 0 Å². The lowest BCUT2D eigenvalue weighted by Crippen LogP contribution is -2.18. The van der Waals surface area contributed by atoms with Crippen LogP contribution in [0.1, 0.15) is 38.5 Å². The van der Waals surface area contributed by atoms with Gasteiger partial charge >= 0.3 is 0 Å². The molecule has 0 aromatic carbocycles. The van der Waals surface area contributed by atoms with E-state index in [-0.39, 0.29) is 6.10 Å². The second kappa shape index (κ2) is 3.72. The second-order valence-corrected chi connectivity index (χ2v) is 4.65. The first-order valence-corrected chi connectivity index (χ1v) is 5.42. The van der Waals surface area contributed by atoms with Crippen LogP contribution in [-0.2, 0) is 0 Å². The van der Waals surface area contributed by atoms with Crippen molar-refractivity contribution in [2.45, 2.75) is 44.6 Å². The van der Waals surface area contributed by atoms with E-state index < -0.39 is 0 Å². The van der Waals surface area contributed by atoms with Crippen LogP contribution < -0.4 is 0 Å². The molecule has 0 spiro atoms. The van der Waals surface area contributed by atoms with Gasteiger partial charge in [-0.05, 0) is 49.9 Å². The van der Waals surface area contributed by atoms with Gasteiger partial charge in [-0.15, -0.1) is 12.3 Å². The SMILES string of the molecule is C#CCCCC(O)C1CC2CC2C1. The first kappa shape index (κ1) is 9.09. The zero-order valence-electron chi connectivity index (χ0n) is 8.08. The summed E-state index contributed by atoms with van der Waals surface area (Å²) in [4.78, 5) is 0.